The SMILES string of the molecule is CN(Cc1nc(Cl)ccc1Cl)c1ccc(F)cc1. The highest BCUT2D eigenvalue weighted by atomic mass is 35.5. The van der Waals surface area contributed by atoms with Gasteiger partial charge in [-0.1, -0.05) is 23.2 Å². The fourth-order valence-corrected chi connectivity index (χ4v) is 1.91. The van der Waals surface area contributed by atoms with Crippen LogP contribution < -0.4 is 4.90 Å². The number of rotatable bonds is 3. The van der Waals surface area contributed by atoms with Gasteiger partial charge in [-0.05, 0) is 36.4 Å². The predicted octanol–water partition coefficient (Wildman–Crippen LogP) is 4.16. The highest BCUT2D eigenvalue weighted by Crippen LogP contribution is 2.21. The summed E-state index contributed by atoms with van der Waals surface area (Å²) in [6.45, 7) is 0.505. The van der Waals surface area contributed by atoms with Crippen LogP contribution in [0.4, 0.5) is 10.1 Å². The molecule has 2 rings (SSSR count). The Morgan fingerprint density at radius 3 is 2.44 bits per heavy atom. The molecule has 2 nitrogen and oxygen atoms in total. The molecule has 0 saturated carbocycles. The molecular weight excluding hydrogens is 274 g/mol. The second-order valence-electron chi connectivity index (χ2n) is 3.89. The van der Waals surface area contributed by atoms with E-state index in [4.69, 9.17) is 23.2 Å². The molecule has 0 bridgehead atoms. The van der Waals surface area contributed by atoms with Gasteiger partial charge in [0.05, 0.1) is 17.3 Å². The van der Waals surface area contributed by atoms with E-state index < -0.39 is 0 Å². The summed E-state index contributed by atoms with van der Waals surface area (Å²) in [6, 6.07) is 9.59. The molecule has 0 saturated heterocycles. The van der Waals surface area contributed by atoms with Gasteiger partial charge in [0, 0.05) is 12.7 Å². The van der Waals surface area contributed by atoms with Crippen LogP contribution in [-0.2, 0) is 6.54 Å². The number of pyridine rings is 1. The maximum absolute atomic E-state index is 12.8. The van der Waals surface area contributed by atoms with Crippen molar-refractivity contribution in [2.75, 3.05) is 11.9 Å². The maximum Gasteiger partial charge on any atom is 0.129 e. The molecule has 0 unspecified atom stereocenters. The molecule has 1 aromatic heterocycles. The monoisotopic (exact) mass is 284 g/mol. The molecule has 0 amide bonds. The summed E-state index contributed by atoms with van der Waals surface area (Å²) in [5.41, 5.74) is 1.57. The zero-order chi connectivity index (χ0) is 13.1. The van der Waals surface area contributed by atoms with Gasteiger partial charge >= 0.3 is 0 Å². The first-order valence-electron chi connectivity index (χ1n) is 5.34. The first-order chi connectivity index (χ1) is 8.56. The van der Waals surface area contributed by atoms with Crippen LogP contribution >= 0.6 is 23.2 Å². The van der Waals surface area contributed by atoms with Crippen molar-refractivity contribution in [2.45, 2.75) is 6.54 Å². The second kappa shape index (κ2) is 5.55. The Balaban J connectivity index is 2.18. The normalized spacial score (nSPS) is 10.4. The van der Waals surface area contributed by atoms with Gasteiger partial charge in [0.25, 0.3) is 0 Å². The number of hydrogen-bond acceptors (Lipinski definition) is 2. The molecule has 0 radical (unpaired) electrons. The lowest BCUT2D eigenvalue weighted by atomic mass is 10.2. The van der Waals surface area contributed by atoms with Gasteiger partial charge in [0.15, 0.2) is 0 Å². The molecule has 0 fully saturated rings. The van der Waals surface area contributed by atoms with Crippen molar-refractivity contribution < 1.29 is 4.39 Å². The molecule has 0 aliphatic heterocycles. The molecule has 0 aliphatic rings. The van der Waals surface area contributed by atoms with Crippen LogP contribution in [0.1, 0.15) is 5.69 Å². The van der Waals surface area contributed by atoms with E-state index >= 15 is 0 Å². The Labute approximate surface area is 115 Å². The van der Waals surface area contributed by atoms with Crippen molar-refractivity contribution in [1.82, 2.24) is 4.98 Å². The van der Waals surface area contributed by atoms with Crippen molar-refractivity contribution in [3.63, 3.8) is 0 Å². The van der Waals surface area contributed by atoms with Crippen molar-refractivity contribution in [3.8, 4) is 0 Å². The summed E-state index contributed by atoms with van der Waals surface area (Å²) in [6.07, 6.45) is 0. The average molecular weight is 285 g/mol. The molecule has 1 aromatic carbocycles. The van der Waals surface area contributed by atoms with Crippen LogP contribution in [0.15, 0.2) is 36.4 Å². The number of aromatic nitrogens is 1. The van der Waals surface area contributed by atoms with E-state index in [0.29, 0.717) is 22.4 Å². The van der Waals surface area contributed by atoms with Gasteiger partial charge < -0.3 is 4.90 Å². The quantitative estimate of drug-likeness (QED) is 0.787. The zero-order valence-electron chi connectivity index (χ0n) is 9.70. The van der Waals surface area contributed by atoms with Crippen LogP contribution in [-0.4, -0.2) is 12.0 Å². The molecule has 0 N–H and O–H groups in total. The van der Waals surface area contributed by atoms with Crippen LogP contribution in [0.25, 0.3) is 0 Å². The minimum absolute atomic E-state index is 0.258. The molecule has 0 aliphatic carbocycles. The Morgan fingerprint density at radius 2 is 1.78 bits per heavy atom. The number of nitrogens with zero attached hydrogens (tertiary/aromatic N) is 2. The molecule has 0 atom stereocenters. The number of halogens is 3. The van der Waals surface area contributed by atoms with E-state index in [-0.39, 0.29) is 5.82 Å². The fourth-order valence-electron chi connectivity index (χ4n) is 1.58. The highest BCUT2D eigenvalue weighted by molar-refractivity contribution is 6.32. The zero-order valence-corrected chi connectivity index (χ0v) is 11.2. The van der Waals surface area contributed by atoms with E-state index in [2.05, 4.69) is 4.98 Å². The molecule has 94 valence electrons. The third kappa shape index (κ3) is 3.12. The summed E-state index contributed by atoms with van der Waals surface area (Å²) in [5, 5.41) is 0.968. The predicted molar refractivity (Wildman–Crippen MR) is 72.8 cm³/mol. The van der Waals surface area contributed by atoms with Crippen LogP contribution in [0.2, 0.25) is 10.2 Å². The Kier molecular flexibility index (Phi) is 4.04. The molecule has 18 heavy (non-hydrogen) atoms. The topological polar surface area (TPSA) is 16.1 Å². The first kappa shape index (κ1) is 13.1. The third-order valence-corrected chi connectivity index (χ3v) is 3.09. The Morgan fingerprint density at radius 1 is 1.11 bits per heavy atom. The van der Waals surface area contributed by atoms with Crippen LogP contribution in [0.5, 0.6) is 0 Å². The minimum Gasteiger partial charge on any atom is -0.369 e. The summed E-state index contributed by atoms with van der Waals surface area (Å²) < 4.78 is 12.8. The van der Waals surface area contributed by atoms with Crippen molar-refractivity contribution in [2.24, 2.45) is 0 Å². The van der Waals surface area contributed by atoms with Gasteiger partial charge in [0.2, 0.25) is 0 Å². The van der Waals surface area contributed by atoms with Gasteiger partial charge in [-0.2, -0.15) is 0 Å². The van der Waals surface area contributed by atoms with Crippen LogP contribution in [0.3, 0.4) is 0 Å². The van der Waals surface area contributed by atoms with E-state index in [1.54, 1.807) is 24.3 Å². The van der Waals surface area contributed by atoms with E-state index in [0.717, 1.165) is 5.69 Å². The molecular formula is C13H11Cl2FN2. The standard InChI is InChI=1S/C13H11Cl2FN2/c1-18(10-4-2-9(16)3-5-10)8-12-11(14)6-7-13(15)17-12/h2-7H,8H2,1H3. The number of benzene rings is 1. The number of hydrogen-bond donors (Lipinski definition) is 0. The lowest BCUT2D eigenvalue weighted by molar-refractivity contribution is 0.627. The van der Waals surface area contributed by atoms with Gasteiger partial charge in [-0.15, -0.1) is 0 Å². The smallest absolute Gasteiger partial charge is 0.129 e. The lowest BCUT2D eigenvalue weighted by Gasteiger charge is -2.19. The second-order valence-corrected chi connectivity index (χ2v) is 4.69. The van der Waals surface area contributed by atoms with E-state index in [9.17, 15) is 4.39 Å². The average Bonchev–Trinajstić information content (AvgIpc) is 2.34. The molecule has 5 heteroatoms. The van der Waals surface area contributed by atoms with Crippen molar-refractivity contribution >= 4 is 28.9 Å². The van der Waals surface area contributed by atoms with Crippen LogP contribution in [0, 0.1) is 5.82 Å². The van der Waals surface area contributed by atoms with E-state index in [1.165, 1.54) is 12.1 Å². The highest BCUT2D eigenvalue weighted by Gasteiger charge is 2.08. The molecule has 2 aromatic rings. The summed E-state index contributed by atoms with van der Waals surface area (Å²) in [5.74, 6) is -0.258. The van der Waals surface area contributed by atoms with E-state index in [1.807, 2.05) is 11.9 Å². The number of anilines is 1. The minimum atomic E-state index is -0.258. The Bertz CT molecular complexity index is 543. The van der Waals surface area contributed by atoms with Gasteiger partial charge in [-0.25, -0.2) is 9.37 Å². The van der Waals surface area contributed by atoms with Crippen molar-refractivity contribution in [3.05, 3.63) is 58.1 Å². The molecule has 1 heterocycles. The van der Waals surface area contributed by atoms with Crippen molar-refractivity contribution in [1.29, 1.82) is 0 Å². The summed E-state index contributed by atoms with van der Waals surface area (Å²) in [4.78, 5) is 6.09. The molecule has 0 spiro atoms. The van der Waals surface area contributed by atoms with Gasteiger partial charge in [0.1, 0.15) is 11.0 Å². The largest absolute Gasteiger partial charge is 0.369 e. The van der Waals surface area contributed by atoms with Gasteiger partial charge in [-0.3, -0.25) is 0 Å². The first-order valence-corrected chi connectivity index (χ1v) is 6.09. The summed E-state index contributed by atoms with van der Waals surface area (Å²) >= 11 is 11.9. The fraction of sp³-hybridized carbons (Fsp3) is 0.154. The summed E-state index contributed by atoms with van der Waals surface area (Å²) in [7, 11) is 1.88. The Hall–Kier alpha value is -1.32. The maximum atomic E-state index is 12.8. The third-order valence-electron chi connectivity index (χ3n) is 2.54. The lowest BCUT2D eigenvalue weighted by Crippen LogP contribution is -2.17.